The van der Waals surface area contributed by atoms with Crippen molar-refractivity contribution >= 4 is 21.6 Å². The number of nitrogens with zero attached hydrogens (tertiary/aromatic N) is 1. The molecule has 0 amide bonds. The van der Waals surface area contributed by atoms with E-state index in [0.29, 0.717) is 43.1 Å². The molecule has 0 bridgehead atoms. The van der Waals surface area contributed by atoms with Crippen molar-refractivity contribution in [3.05, 3.63) is 70.6 Å². The molecule has 0 spiro atoms. The molecule has 2 fully saturated rings. The van der Waals surface area contributed by atoms with Gasteiger partial charge in [-0.15, -0.1) is 0 Å². The van der Waals surface area contributed by atoms with Crippen LogP contribution < -0.4 is 73.6 Å². The van der Waals surface area contributed by atoms with Crippen molar-refractivity contribution in [1.82, 2.24) is 4.90 Å². The number of benzene rings is 2. The first-order valence-corrected chi connectivity index (χ1v) is 25.1. The van der Waals surface area contributed by atoms with Crippen molar-refractivity contribution in [3.63, 3.8) is 0 Å². The van der Waals surface area contributed by atoms with Crippen molar-refractivity contribution in [1.29, 1.82) is 0 Å². The van der Waals surface area contributed by atoms with Crippen LogP contribution in [0.5, 0.6) is 5.75 Å². The number of aliphatic hydroxyl groups excluding tert-OH is 2. The van der Waals surface area contributed by atoms with Crippen LogP contribution in [0.4, 0.5) is 30.7 Å². The molecule has 5 rings (SSSR count). The third-order valence-electron chi connectivity index (χ3n) is 13.3. The average molecular weight is 1070 g/mol. The summed E-state index contributed by atoms with van der Waals surface area (Å²) in [6, 6.07) is 11.7. The van der Waals surface area contributed by atoms with Crippen LogP contribution in [0.2, 0.25) is 0 Å². The average Bonchev–Trinajstić information content (AvgIpc) is 3.58. The summed E-state index contributed by atoms with van der Waals surface area (Å²) in [5, 5.41) is 18.2. The Morgan fingerprint density at radius 2 is 1.59 bits per heavy atom. The molecular weight excluding hydrogens is 1000 g/mol. The molecule has 17 heteroatoms. The van der Waals surface area contributed by atoms with Crippen LogP contribution >= 0.6 is 21.6 Å². The van der Waals surface area contributed by atoms with E-state index in [4.69, 9.17) is 24.4 Å². The van der Waals surface area contributed by atoms with E-state index in [-0.39, 0.29) is 125 Å². The number of halogens is 7. The van der Waals surface area contributed by atoms with Gasteiger partial charge in [0.25, 0.3) is 0 Å². The van der Waals surface area contributed by atoms with Crippen molar-refractivity contribution in [2.75, 3.05) is 64.7 Å². The van der Waals surface area contributed by atoms with Gasteiger partial charge in [-0.3, -0.25) is 0 Å². The molecule has 3 aliphatic rings. The van der Waals surface area contributed by atoms with Crippen LogP contribution in [0.1, 0.15) is 112 Å². The van der Waals surface area contributed by atoms with Gasteiger partial charge in [0.2, 0.25) is 0 Å². The van der Waals surface area contributed by atoms with Gasteiger partial charge in [0.1, 0.15) is 18.2 Å². The minimum absolute atomic E-state index is 0. The normalized spacial score (nSPS) is 22.2. The zero-order valence-electron chi connectivity index (χ0n) is 37.8. The number of hydrogen-bond acceptors (Lipinski definition) is 9. The fourth-order valence-electron chi connectivity index (χ4n) is 9.93. The summed E-state index contributed by atoms with van der Waals surface area (Å²) >= 11 is 0. The monoisotopic (exact) mass is 1070 g/mol. The van der Waals surface area contributed by atoms with Gasteiger partial charge in [-0.05, 0) is 142 Å². The first-order valence-electron chi connectivity index (χ1n) is 22.6. The molecule has 64 heavy (non-hydrogen) atoms. The van der Waals surface area contributed by atoms with Gasteiger partial charge in [-0.1, -0.05) is 59.6 Å². The first-order chi connectivity index (χ1) is 30.1. The van der Waals surface area contributed by atoms with E-state index in [0.717, 1.165) is 93.6 Å². The number of unbranched alkanes of at least 4 members (excludes halogenated alkanes) is 3. The van der Waals surface area contributed by atoms with E-state index >= 15 is 4.39 Å². The van der Waals surface area contributed by atoms with Crippen molar-refractivity contribution in [3.8, 4) is 5.75 Å². The largest absolute Gasteiger partial charge is 1.00 e. The third-order valence-corrected chi connectivity index (χ3v) is 15.7. The Kier molecular flexibility index (Phi) is 25.0. The maximum absolute atomic E-state index is 15.2. The number of aliphatic hydroxyl groups is 2. The third kappa shape index (κ3) is 17.3. The molecule has 358 valence electrons. The molecule has 7 nitrogen and oxygen atoms in total. The molecule has 0 radical (unpaired) electrons. The molecule has 2 saturated carbocycles. The number of hydrogen-bond donors (Lipinski definition) is 2. The number of ether oxygens (including phenoxy) is 4. The minimum atomic E-state index is -5.60. The Labute approximate surface area is 442 Å². The Hall–Kier alpha value is 0.262. The Morgan fingerprint density at radius 3 is 2.33 bits per heavy atom. The summed E-state index contributed by atoms with van der Waals surface area (Å²) in [4.78, 5) is 2.17. The fraction of sp³-hybridized carbons (Fsp3) is 0.723. The minimum Gasteiger partial charge on any atom is -0.532 e. The van der Waals surface area contributed by atoms with Gasteiger partial charge < -0.3 is 34.1 Å². The standard InChI is InChI=1S/C47H67F7NO6S2.Cs/c1-45-19-18-39-38-15-13-37(28-35(38)12-14-40(39)41(45)16-17-43(45)59-22-8-23-60-44(46(49,50)51)47(52,53)54)61-32-33-10-11-36(42(48)27-33)29-55(2)20-5-3-4-6-25-62-63-26-24-58-21-7-9-34(30-56)31-57;/h10-11,13,15,27-28,34,39-41,43,56-57H,3-9,12,14,16-26,29-32H2,1-2H3;/q-1;+1/t39-,40-,41+,43+,45+;/m1./s1. The van der Waals surface area contributed by atoms with E-state index < -0.39 is 25.1 Å². The number of aryl methyl sites for hydroxylation is 1. The second kappa shape index (κ2) is 28.2. The molecule has 2 N–H and O–H groups in total. The van der Waals surface area contributed by atoms with Gasteiger partial charge in [-0.25, -0.2) is 30.7 Å². The van der Waals surface area contributed by atoms with Gasteiger partial charge in [-0.2, -0.15) is 0 Å². The Morgan fingerprint density at radius 1 is 0.844 bits per heavy atom. The summed E-state index contributed by atoms with van der Waals surface area (Å²) in [5.74, 6) is 3.83. The first kappa shape index (κ1) is 56.8. The van der Waals surface area contributed by atoms with Gasteiger partial charge in [0.05, 0.1) is 12.7 Å². The van der Waals surface area contributed by atoms with E-state index in [2.05, 4.69) is 28.7 Å². The quantitative estimate of drug-likeness (QED) is 0.0378. The van der Waals surface area contributed by atoms with E-state index in [1.165, 1.54) is 24.0 Å². The summed E-state index contributed by atoms with van der Waals surface area (Å²) in [7, 11) is 5.75. The summed E-state index contributed by atoms with van der Waals surface area (Å²) in [6.45, 7) is 4.67. The number of fused-ring (bicyclic) bond motifs is 5. The summed E-state index contributed by atoms with van der Waals surface area (Å²) in [5.41, 5.74) is 3.95. The molecule has 0 unspecified atom stereocenters. The smallest absolute Gasteiger partial charge is 0.532 e. The Balaban J connectivity index is 0.00000898. The molecule has 3 aliphatic carbocycles. The van der Waals surface area contributed by atoms with Crippen LogP contribution in [0, 0.1) is 35.1 Å². The van der Waals surface area contributed by atoms with E-state index in [1.807, 2.05) is 46.8 Å². The maximum atomic E-state index is 15.2. The predicted molar refractivity (Wildman–Crippen MR) is 235 cm³/mol. The van der Waals surface area contributed by atoms with Crippen LogP contribution in [0.3, 0.4) is 0 Å². The van der Waals surface area contributed by atoms with Crippen molar-refractivity contribution in [2.24, 2.45) is 23.2 Å². The molecular formula is C47H67CsF7NO6S2. The van der Waals surface area contributed by atoms with Crippen LogP contribution in [0.15, 0.2) is 36.4 Å². The molecule has 0 saturated heterocycles. The number of rotatable bonds is 28. The zero-order chi connectivity index (χ0) is 45.5. The second-order valence-corrected chi connectivity index (χ2v) is 20.5. The molecule has 0 heterocycles. The van der Waals surface area contributed by atoms with Crippen molar-refractivity contribution in [2.45, 2.75) is 128 Å². The maximum Gasteiger partial charge on any atom is 1.00 e. The van der Waals surface area contributed by atoms with Gasteiger partial charge in [0, 0.05) is 68.7 Å². The predicted octanol–water partition coefficient (Wildman–Crippen LogP) is 8.48. The summed E-state index contributed by atoms with van der Waals surface area (Å²) < 4.78 is 114. The van der Waals surface area contributed by atoms with Crippen molar-refractivity contribution < 1.29 is 129 Å². The van der Waals surface area contributed by atoms with Crippen LogP contribution in [0.25, 0.3) is 0 Å². The molecule has 2 aromatic rings. The molecule has 0 aliphatic heterocycles. The van der Waals surface area contributed by atoms with E-state index in [9.17, 15) is 26.3 Å². The topological polar surface area (TPSA) is 80.6 Å². The van der Waals surface area contributed by atoms with Crippen LogP contribution in [-0.2, 0) is 33.8 Å². The zero-order valence-corrected chi connectivity index (χ0v) is 45.7. The SMILES string of the molecule is CN(CCCCCCSSCCOCCCC(CO)CO)Cc1ccc(COc2ccc3c(c2)CC[C@@H]2[C@@H]3CC[C@]3(C)[C@@H](OCCCO[C-](C(F)(F)F)C(F)(F)F)CC[C@@H]23)cc1F.[Cs+]. The molecule has 0 aromatic heterocycles. The summed E-state index contributed by atoms with van der Waals surface area (Å²) in [6.07, 6.45) is -2.38. The Bertz CT molecular complexity index is 1650. The van der Waals surface area contributed by atoms with Gasteiger partial charge in [0.15, 0.2) is 0 Å². The second-order valence-electron chi connectivity index (χ2n) is 17.8. The molecule has 5 atom stereocenters. The molecule has 2 aromatic carbocycles. The fourth-order valence-corrected chi connectivity index (χ4v) is 11.9. The van der Waals surface area contributed by atoms with Gasteiger partial charge >= 0.3 is 81.2 Å². The van der Waals surface area contributed by atoms with Crippen LogP contribution in [-0.4, -0.2) is 98.3 Å². The number of alkyl halides is 6. The van der Waals surface area contributed by atoms with E-state index in [1.54, 1.807) is 6.07 Å².